The van der Waals surface area contributed by atoms with Gasteiger partial charge in [-0.2, -0.15) is 5.10 Å². The number of hydrogen-bond donors (Lipinski definition) is 2. The van der Waals surface area contributed by atoms with Crippen LogP contribution in [0.5, 0.6) is 0 Å². The van der Waals surface area contributed by atoms with Crippen LogP contribution in [0.15, 0.2) is 12.3 Å². The molecule has 1 aromatic rings. The zero-order valence-corrected chi connectivity index (χ0v) is 13.1. The number of ether oxygens (including phenoxy) is 1. The average molecular weight is 294 g/mol. The van der Waals surface area contributed by atoms with Crippen LogP contribution in [0.1, 0.15) is 45.3 Å². The van der Waals surface area contributed by atoms with Crippen LogP contribution in [0.2, 0.25) is 0 Å². The molecule has 118 valence electrons. The Bertz CT molecular complexity index is 452. The second kappa shape index (κ2) is 7.45. The first-order chi connectivity index (χ1) is 10.1. The number of nitrogens with zero attached hydrogens (tertiary/aromatic N) is 2. The highest BCUT2D eigenvalue weighted by molar-refractivity contribution is 5.74. The number of amides is 2. The molecule has 0 saturated carbocycles. The fraction of sp³-hybridized carbons (Fsp3) is 0.733. The molecule has 1 aromatic heterocycles. The Labute approximate surface area is 126 Å². The van der Waals surface area contributed by atoms with Crippen LogP contribution in [0.4, 0.5) is 4.79 Å². The summed E-state index contributed by atoms with van der Waals surface area (Å²) in [6, 6.07) is 2.30. The lowest BCUT2D eigenvalue weighted by atomic mass is 9.93. The second-order valence-corrected chi connectivity index (χ2v) is 5.95. The summed E-state index contributed by atoms with van der Waals surface area (Å²) in [5.41, 5.74) is 0.873. The molecule has 2 N–H and O–H groups in total. The normalized spacial score (nSPS) is 17.7. The van der Waals surface area contributed by atoms with Crippen molar-refractivity contribution in [2.24, 2.45) is 5.92 Å². The summed E-state index contributed by atoms with van der Waals surface area (Å²) >= 11 is 0. The molecule has 6 heteroatoms. The van der Waals surface area contributed by atoms with E-state index in [1.165, 1.54) is 0 Å². The van der Waals surface area contributed by atoms with Gasteiger partial charge in [-0.3, -0.25) is 4.68 Å². The Morgan fingerprint density at radius 2 is 2.14 bits per heavy atom. The van der Waals surface area contributed by atoms with Crippen molar-refractivity contribution in [3.8, 4) is 0 Å². The van der Waals surface area contributed by atoms with Crippen LogP contribution in [0.25, 0.3) is 0 Å². The molecule has 2 rings (SSSR count). The van der Waals surface area contributed by atoms with E-state index in [4.69, 9.17) is 4.74 Å². The van der Waals surface area contributed by atoms with Gasteiger partial charge in [0.25, 0.3) is 0 Å². The van der Waals surface area contributed by atoms with Crippen LogP contribution in [0.3, 0.4) is 0 Å². The van der Waals surface area contributed by atoms with E-state index in [1.807, 2.05) is 16.9 Å². The molecule has 1 fully saturated rings. The summed E-state index contributed by atoms with van der Waals surface area (Å²) in [7, 11) is 0. The van der Waals surface area contributed by atoms with E-state index in [0.29, 0.717) is 18.5 Å². The molecule has 2 amide bonds. The van der Waals surface area contributed by atoms with Gasteiger partial charge in [0.15, 0.2) is 0 Å². The fourth-order valence-electron chi connectivity index (χ4n) is 2.52. The van der Waals surface area contributed by atoms with E-state index in [1.54, 1.807) is 0 Å². The molecule has 6 nitrogen and oxygen atoms in total. The van der Waals surface area contributed by atoms with Crippen LogP contribution in [0, 0.1) is 5.92 Å². The van der Waals surface area contributed by atoms with Crippen LogP contribution in [-0.2, 0) is 11.3 Å². The van der Waals surface area contributed by atoms with Gasteiger partial charge in [-0.15, -0.1) is 0 Å². The summed E-state index contributed by atoms with van der Waals surface area (Å²) < 4.78 is 7.23. The molecule has 0 bridgehead atoms. The summed E-state index contributed by atoms with van der Waals surface area (Å²) in [5.74, 6) is 0.504. The lowest BCUT2D eigenvalue weighted by Gasteiger charge is -2.28. The SMILES string of the molecule is CC(C)n1ccc(CNC(=O)N[C@H](C)C2CCOCC2)n1. The number of aromatic nitrogens is 2. The van der Waals surface area contributed by atoms with Crippen molar-refractivity contribution in [2.45, 2.75) is 52.2 Å². The van der Waals surface area contributed by atoms with Crippen molar-refractivity contribution in [1.82, 2.24) is 20.4 Å². The molecule has 0 aromatic carbocycles. The molecule has 0 aliphatic carbocycles. The lowest BCUT2D eigenvalue weighted by Crippen LogP contribution is -2.45. The van der Waals surface area contributed by atoms with Crippen molar-refractivity contribution >= 4 is 6.03 Å². The van der Waals surface area contributed by atoms with Crippen molar-refractivity contribution in [2.75, 3.05) is 13.2 Å². The summed E-state index contributed by atoms with van der Waals surface area (Å²) in [6.07, 6.45) is 3.96. The smallest absolute Gasteiger partial charge is 0.315 e. The number of rotatable bonds is 5. The average Bonchev–Trinajstić information content (AvgIpc) is 2.95. The third kappa shape index (κ3) is 4.74. The highest BCUT2D eigenvalue weighted by atomic mass is 16.5. The van der Waals surface area contributed by atoms with E-state index in [9.17, 15) is 4.79 Å². The van der Waals surface area contributed by atoms with Gasteiger partial charge >= 0.3 is 6.03 Å². The summed E-state index contributed by atoms with van der Waals surface area (Å²) in [6.45, 7) is 8.25. The number of carbonyl (C=O) groups is 1. The molecule has 0 spiro atoms. The van der Waals surface area contributed by atoms with Crippen molar-refractivity contribution in [1.29, 1.82) is 0 Å². The summed E-state index contributed by atoms with van der Waals surface area (Å²) in [4.78, 5) is 11.9. The number of hydrogen-bond acceptors (Lipinski definition) is 3. The second-order valence-electron chi connectivity index (χ2n) is 5.95. The van der Waals surface area contributed by atoms with Crippen LogP contribution >= 0.6 is 0 Å². The van der Waals surface area contributed by atoms with Gasteiger partial charge in [-0.05, 0) is 45.6 Å². The first kappa shape index (κ1) is 15.8. The predicted octanol–water partition coefficient (Wildman–Crippen LogP) is 2.08. The van der Waals surface area contributed by atoms with E-state index < -0.39 is 0 Å². The Hall–Kier alpha value is -1.56. The number of urea groups is 1. The van der Waals surface area contributed by atoms with Gasteiger partial charge in [0.05, 0.1) is 12.2 Å². The van der Waals surface area contributed by atoms with Crippen molar-refractivity contribution < 1.29 is 9.53 Å². The predicted molar refractivity (Wildman–Crippen MR) is 81.0 cm³/mol. The lowest BCUT2D eigenvalue weighted by molar-refractivity contribution is 0.0571. The van der Waals surface area contributed by atoms with Gasteiger partial charge in [-0.25, -0.2) is 4.79 Å². The van der Waals surface area contributed by atoms with E-state index in [0.717, 1.165) is 31.7 Å². The quantitative estimate of drug-likeness (QED) is 0.873. The Morgan fingerprint density at radius 1 is 1.43 bits per heavy atom. The van der Waals surface area contributed by atoms with Gasteiger partial charge < -0.3 is 15.4 Å². The molecule has 2 heterocycles. The first-order valence-electron chi connectivity index (χ1n) is 7.72. The van der Waals surface area contributed by atoms with Gasteiger partial charge in [0, 0.05) is 31.5 Å². The largest absolute Gasteiger partial charge is 0.381 e. The van der Waals surface area contributed by atoms with Gasteiger partial charge in [0.2, 0.25) is 0 Å². The molecule has 1 aliphatic rings. The van der Waals surface area contributed by atoms with E-state index in [2.05, 4.69) is 36.5 Å². The zero-order chi connectivity index (χ0) is 15.2. The summed E-state index contributed by atoms with van der Waals surface area (Å²) in [5, 5.41) is 10.3. The first-order valence-corrected chi connectivity index (χ1v) is 7.72. The molecule has 1 aliphatic heterocycles. The standard InChI is InChI=1S/C15H26N4O2/c1-11(2)19-7-4-14(18-19)10-16-15(20)17-12(3)13-5-8-21-9-6-13/h4,7,11-13H,5-6,8-10H2,1-3H3,(H2,16,17,20)/t12-/m1/s1. The maximum atomic E-state index is 11.9. The maximum absolute atomic E-state index is 11.9. The minimum atomic E-state index is -0.131. The van der Waals surface area contributed by atoms with Crippen molar-refractivity contribution in [3.05, 3.63) is 18.0 Å². The Morgan fingerprint density at radius 3 is 2.76 bits per heavy atom. The van der Waals surface area contributed by atoms with E-state index >= 15 is 0 Å². The minimum absolute atomic E-state index is 0.131. The maximum Gasteiger partial charge on any atom is 0.315 e. The monoisotopic (exact) mass is 294 g/mol. The fourth-order valence-corrected chi connectivity index (χ4v) is 2.52. The third-order valence-electron chi connectivity index (χ3n) is 3.95. The van der Waals surface area contributed by atoms with E-state index in [-0.39, 0.29) is 12.1 Å². The topological polar surface area (TPSA) is 68.2 Å². The number of nitrogens with one attached hydrogen (secondary N) is 2. The Balaban J connectivity index is 1.73. The molecule has 1 atom stereocenters. The van der Waals surface area contributed by atoms with Gasteiger partial charge in [-0.1, -0.05) is 0 Å². The van der Waals surface area contributed by atoms with Gasteiger partial charge in [0.1, 0.15) is 0 Å². The van der Waals surface area contributed by atoms with Crippen molar-refractivity contribution in [3.63, 3.8) is 0 Å². The molecule has 21 heavy (non-hydrogen) atoms. The minimum Gasteiger partial charge on any atom is -0.381 e. The highest BCUT2D eigenvalue weighted by Gasteiger charge is 2.21. The molecule has 1 saturated heterocycles. The molecular weight excluding hydrogens is 268 g/mol. The van der Waals surface area contributed by atoms with Crippen LogP contribution in [-0.4, -0.2) is 35.1 Å². The van der Waals surface area contributed by atoms with Crippen LogP contribution < -0.4 is 10.6 Å². The zero-order valence-electron chi connectivity index (χ0n) is 13.1. The molecule has 0 radical (unpaired) electrons. The molecule has 0 unspecified atom stereocenters. The highest BCUT2D eigenvalue weighted by Crippen LogP contribution is 2.18. The third-order valence-corrected chi connectivity index (χ3v) is 3.95. The number of carbonyl (C=O) groups excluding carboxylic acids is 1. The Kier molecular flexibility index (Phi) is 5.61. The molecular formula is C15H26N4O2.